The summed E-state index contributed by atoms with van der Waals surface area (Å²) >= 11 is 3.56. The highest BCUT2D eigenvalue weighted by Gasteiger charge is 2.14. The minimum atomic E-state index is -1.23. The van der Waals surface area contributed by atoms with E-state index in [4.69, 9.17) is 4.42 Å². The number of hydrogen-bond donors (Lipinski definition) is 0. The van der Waals surface area contributed by atoms with Crippen molar-refractivity contribution in [1.82, 2.24) is 4.98 Å². The molecule has 134 valence electrons. The first-order valence-electron chi connectivity index (χ1n) is 8.42. The van der Waals surface area contributed by atoms with Crippen LogP contribution in [-0.4, -0.2) is 11.0 Å². The first-order chi connectivity index (χ1) is 12.9. The summed E-state index contributed by atoms with van der Waals surface area (Å²) in [5.41, 5.74) is 4.18. The molecule has 0 aliphatic carbocycles. The van der Waals surface area contributed by atoms with Crippen LogP contribution in [-0.2, 0) is 0 Å². The van der Waals surface area contributed by atoms with Crippen molar-refractivity contribution in [2.45, 2.75) is 13.8 Å². The molecular weight excluding hydrogens is 406 g/mol. The lowest BCUT2D eigenvalue weighted by Gasteiger charge is -2.10. The monoisotopic (exact) mass is 420 g/mol. The maximum Gasteiger partial charge on any atom is 0.153 e. The number of carboxylic acids is 1. The Kier molecular flexibility index (Phi) is 4.32. The van der Waals surface area contributed by atoms with Gasteiger partial charge in [-0.3, -0.25) is 0 Å². The van der Waals surface area contributed by atoms with Crippen molar-refractivity contribution >= 4 is 32.8 Å². The van der Waals surface area contributed by atoms with E-state index in [-0.39, 0.29) is 5.56 Å². The molecule has 0 radical (unpaired) electrons. The number of halogens is 1. The number of aromatic carboxylic acids is 1. The summed E-state index contributed by atoms with van der Waals surface area (Å²) in [5.74, 6) is -0.0533. The minimum absolute atomic E-state index is 0.105. The van der Waals surface area contributed by atoms with E-state index < -0.39 is 5.97 Å². The van der Waals surface area contributed by atoms with Gasteiger partial charge in [-0.15, -0.1) is 0 Å². The Labute approximate surface area is 164 Å². The SMILES string of the molecule is Cc1ccc(-c2ccc(-c3cc(C(=O)[O-])c4cc(C)ccc4n3)o2)c(Br)c1. The molecule has 0 bridgehead atoms. The molecule has 0 N–H and O–H groups in total. The zero-order chi connectivity index (χ0) is 19.1. The summed E-state index contributed by atoms with van der Waals surface area (Å²) in [4.78, 5) is 16.2. The third-order valence-electron chi connectivity index (χ3n) is 4.43. The van der Waals surface area contributed by atoms with Crippen molar-refractivity contribution in [3.8, 4) is 22.8 Å². The van der Waals surface area contributed by atoms with Gasteiger partial charge in [0.15, 0.2) is 5.76 Å². The van der Waals surface area contributed by atoms with Crippen LogP contribution in [0.25, 0.3) is 33.7 Å². The molecule has 2 aromatic heterocycles. The Morgan fingerprint density at radius 1 is 0.963 bits per heavy atom. The second kappa shape index (κ2) is 6.67. The van der Waals surface area contributed by atoms with E-state index in [1.807, 2.05) is 44.2 Å². The van der Waals surface area contributed by atoms with Gasteiger partial charge in [-0.05, 0) is 61.9 Å². The number of aryl methyl sites for hydroxylation is 2. The summed E-state index contributed by atoms with van der Waals surface area (Å²) in [6.07, 6.45) is 0. The van der Waals surface area contributed by atoms with E-state index in [1.54, 1.807) is 18.2 Å². The third kappa shape index (κ3) is 3.26. The lowest BCUT2D eigenvalue weighted by molar-refractivity contribution is -0.254. The van der Waals surface area contributed by atoms with Gasteiger partial charge >= 0.3 is 0 Å². The Hall–Kier alpha value is -2.92. The van der Waals surface area contributed by atoms with Gasteiger partial charge in [0.05, 0.1) is 11.5 Å². The topological polar surface area (TPSA) is 66.2 Å². The number of carbonyl (C=O) groups is 1. The molecule has 0 atom stereocenters. The minimum Gasteiger partial charge on any atom is -0.545 e. The number of benzene rings is 2. The van der Waals surface area contributed by atoms with Crippen LogP contribution in [0.1, 0.15) is 21.5 Å². The number of pyridine rings is 1. The first kappa shape index (κ1) is 17.5. The molecule has 2 heterocycles. The largest absolute Gasteiger partial charge is 0.545 e. The van der Waals surface area contributed by atoms with Crippen molar-refractivity contribution < 1.29 is 14.3 Å². The molecule has 0 aliphatic rings. The quantitative estimate of drug-likeness (QED) is 0.472. The van der Waals surface area contributed by atoms with Gasteiger partial charge in [-0.25, -0.2) is 4.98 Å². The van der Waals surface area contributed by atoms with Gasteiger partial charge < -0.3 is 14.3 Å². The van der Waals surface area contributed by atoms with Gasteiger partial charge in [0.25, 0.3) is 0 Å². The Morgan fingerprint density at radius 2 is 1.67 bits per heavy atom. The Balaban J connectivity index is 1.85. The molecule has 0 saturated carbocycles. The fourth-order valence-electron chi connectivity index (χ4n) is 3.07. The number of fused-ring (bicyclic) bond motifs is 1. The summed E-state index contributed by atoms with van der Waals surface area (Å²) in [6, 6.07) is 16.7. The van der Waals surface area contributed by atoms with Crippen LogP contribution in [0.5, 0.6) is 0 Å². The highest BCUT2D eigenvalue weighted by molar-refractivity contribution is 9.10. The second-order valence-electron chi connectivity index (χ2n) is 6.51. The molecule has 0 fully saturated rings. The smallest absolute Gasteiger partial charge is 0.153 e. The van der Waals surface area contributed by atoms with Gasteiger partial charge in [-0.2, -0.15) is 0 Å². The second-order valence-corrected chi connectivity index (χ2v) is 7.36. The molecule has 4 nitrogen and oxygen atoms in total. The van der Waals surface area contributed by atoms with E-state index >= 15 is 0 Å². The molecule has 4 aromatic rings. The molecule has 27 heavy (non-hydrogen) atoms. The Morgan fingerprint density at radius 3 is 2.41 bits per heavy atom. The van der Waals surface area contributed by atoms with Crippen molar-refractivity contribution in [2.24, 2.45) is 0 Å². The predicted molar refractivity (Wildman–Crippen MR) is 106 cm³/mol. The van der Waals surface area contributed by atoms with Crippen LogP contribution in [0.15, 0.2) is 63.5 Å². The molecule has 0 unspecified atom stereocenters. The summed E-state index contributed by atoms with van der Waals surface area (Å²) in [6.45, 7) is 3.93. The zero-order valence-electron chi connectivity index (χ0n) is 14.7. The number of rotatable bonds is 3. The predicted octanol–water partition coefficient (Wildman–Crippen LogP) is 4.90. The number of hydrogen-bond acceptors (Lipinski definition) is 4. The molecule has 0 aliphatic heterocycles. The maximum atomic E-state index is 11.6. The van der Waals surface area contributed by atoms with Crippen molar-refractivity contribution in [3.63, 3.8) is 0 Å². The number of carbonyl (C=O) groups excluding carboxylic acids is 1. The Bertz CT molecular complexity index is 1190. The van der Waals surface area contributed by atoms with E-state index in [0.717, 1.165) is 21.2 Å². The maximum absolute atomic E-state index is 11.6. The average Bonchev–Trinajstić information content (AvgIpc) is 3.10. The van der Waals surface area contributed by atoms with Gasteiger partial charge in [0.1, 0.15) is 11.5 Å². The van der Waals surface area contributed by atoms with Crippen LogP contribution in [0.4, 0.5) is 0 Å². The van der Waals surface area contributed by atoms with Crippen molar-refractivity contribution in [1.29, 1.82) is 0 Å². The van der Waals surface area contributed by atoms with Gasteiger partial charge in [0.2, 0.25) is 0 Å². The molecule has 5 heteroatoms. The highest BCUT2D eigenvalue weighted by atomic mass is 79.9. The van der Waals surface area contributed by atoms with E-state index in [9.17, 15) is 9.90 Å². The fourth-order valence-corrected chi connectivity index (χ4v) is 3.76. The fraction of sp³-hybridized carbons (Fsp3) is 0.0909. The van der Waals surface area contributed by atoms with Crippen molar-refractivity contribution in [3.05, 3.63) is 75.8 Å². The van der Waals surface area contributed by atoms with Crippen LogP contribution in [0.3, 0.4) is 0 Å². The van der Waals surface area contributed by atoms with E-state index in [1.165, 1.54) is 6.07 Å². The first-order valence-corrected chi connectivity index (χ1v) is 9.21. The molecule has 0 amide bonds. The number of aromatic nitrogens is 1. The van der Waals surface area contributed by atoms with Gasteiger partial charge in [-0.1, -0.05) is 33.6 Å². The van der Waals surface area contributed by atoms with E-state index in [2.05, 4.69) is 20.9 Å². The van der Waals surface area contributed by atoms with Crippen LogP contribution >= 0.6 is 15.9 Å². The van der Waals surface area contributed by atoms with Crippen molar-refractivity contribution in [2.75, 3.05) is 0 Å². The number of furan rings is 1. The third-order valence-corrected chi connectivity index (χ3v) is 5.09. The highest BCUT2D eigenvalue weighted by Crippen LogP contribution is 2.34. The number of nitrogens with zero attached hydrogens (tertiary/aromatic N) is 1. The normalized spacial score (nSPS) is 11.1. The van der Waals surface area contributed by atoms with Crippen LogP contribution < -0.4 is 5.11 Å². The summed E-state index contributed by atoms with van der Waals surface area (Å²) < 4.78 is 6.91. The van der Waals surface area contributed by atoms with Crippen LogP contribution in [0.2, 0.25) is 0 Å². The van der Waals surface area contributed by atoms with Gasteiger partial charge in [0, 0.05) is 21.0 Å². The summed E-state index contributed by atoms with van der Waals surface area (Å²) in [5, 5.41) is 12.2. The lowest BCUT2D eigenvalue weighted by Crippen LogP contribution is -2.22. The molecule has 2 aromatic carbocycles. The zero-order valence-corrected chi connectivity index (χ0v) is 16.3. The lowest BCUT2D eigenvalue weighted by atomic mass is 10.0. The molecule has 0 spiro atoms. The standard InChI is InChI=1S/C22H16BrNO3/c1-12-4-6-18-15(9-12)16(22(25)26)11-19(24-18)21-8-7-20(27-21)14-5-3-13(2)10-17(14)23/h3-11H,1-2H3,(H,25,26)/p-1. The molecule has 4 rings (SSSR count). The summed E-state index contributed by atoms with van der Waals surface area (Å²) in [7, 11) is 0. The molecule has 0 saturated heterocycles. The number of carboxylic acid groups (broad SMARTS) is 1. The van der Waals surface area contributed by atoms with Crippen LogP contribution in [0, 0.1) is 13.8 Å². The average molecular weight is 421 g/mol. The van der Waals surface area contributed by atoms with E-state index in [0.29, 0.717) is 28.1 Å². The molecular formula is C22H15BrNO3-.